The van der Waals surface area contributed by atoms with E-state index >= 15 is 0 Å². The van der Waals surface area contributed by atoms with E-state index in [9.17, 15) is 8.78 Å². The van der Waals surface area contributed by atoms with E-state index in [1.54, 1.807) is 12.3 Å². The molecule has 0 saturated carbocycles. The molecule has 82 valence electrons. The summed E-state index contributed by atoms with van der Waals surface area (Å²) in [4.78, 5) is 8.12. The summed E-state index contributed by atoms with van der Waals surface area (Å²) >= 11 is 4.05. The topological polar surface area (TPSA) is 25.8 Å². The van der Waals surface area contributed by atoms with Gasteiger partial charge in [-0.1, -0.05) is 0 Å². The fraction of sp³-hybridized carbons (Fsp3) is 0.0909. The summed E-state index contributed by atoms with van der Waals surface area (Å²) in [5, 5.41) is 0. The molecule has 0 fully saturated rings. The molecule has 1 heterocycles. The molecule has 0 radical (unpaired) electrons. The van der Waals surface area contributed by atoms with Crippen LogP contribution in [0.3, 0.4) is 0 Å². The Labute approximate surface area is 96.8 Å². The molecule has 0 unspecified atom stereocenters. The van der Waals surface area contributed by atoms with E-state index in [0.29, 0.717) is 22.8 Å². The fourth-order valence-corrected chi connectivity index (χ4v) is 1.44. The minimum atomic E-state index is -0.886. The highest BCUT2D eigenvalue weighted by molar-refractivity contribution is 7.79. The SMILES string of the molecule is Fc1ccc(-c2ccnc(CS)n2)cc1F. The van der Waals surface area contributed by atoms with Gasteiger partial charge in [0.25, 0.3) is 0 Å². The number of thiol groups is 1. The summed E-state index contributed by atoms with van der Waals surface area (Å²) in [5.41, 5.74) is 1.07. The molecule has 0 aliphatic heterocycles. The van der Waals surface area contributed by atoms with Crippen LogP contribution in [0.5, 0.6) is 0 Å². The van der Waals surface area contributed by atoms with E-state index in [0.717, 1.165) is 12.1 Å². The predicted octanol–water partition coefficient (Wildman–Crippen LogP) is 2.85. The van der Waals surface area contributed by atoms with E-state index in [2.05, 4.69) is 22.6 Å². The Morgan fingerprint density at radius 3 is 2.62 bits per heavy atom. The molecule has 2 rings (SSSR count). The van der Waals surface area contributed by atoms with E-state index in [4.69, 9.17) is 0 Å². The quantitative estimate of drug-likeness (QED) is 0.814. The molecule has 0 saturated heterocycles. The number of hydrogen-bond acceptors (Lipinski definition) is 3. The van der Waals surface area contributed by atoms with E-state index in [-0.39, 0.29) is 0 Å². The fourth-order valence-electron chi connectivity index (χ4n) is 1.29. The second-order valence-corrected chi connectivity index (χ2v) is 3.46. The Hall–Kier alpha value is -1.49. The highest BCUT2D eigenvalue weighted by atomic mass is 32.1. The van der Waals surface area contributed by atoms with Gasteiger partial charge in [-0.05, 0) is 24.3 Å². The van der Waals surface area contributed by atoms with Gasteiger partial charge in [0.1, 0.15) is 5.82 Å². The van der Waals surface area contributed by atoms with Crippen LogP contribution in [-0.2, 0) is 5.75 Å². The Kier molecular flexibility index (Phi) is 3.14. The zero-order valence-electron chi connectivity index (χ0n) is 8.19. The first-order chi connectivity index (χ1) is 7.70. The maximum atomic E-state index is 13.0. The summed E-state index contributed by atoms with van der Waals surface area (Å²) in [5.74, 6) is -0.807. The minimum Gasteiger partial charge on any atom is -0.240 e. The Morgan fingerprint density at radius 1 is 1.12 bits per heavy atom. The molecule has 2 aromatic rings. The van der Waals surface area contributed by atoms with Gasteiger partial charge in [-0.3, -0.25) is 0 Å². The van der Waals surface area contributed by atoms with Gasteiger partial charge in [-0.2, -0.15) is 12.6 Å². The number of benzene rings is 1. The molecule has 2 nitrogen and oxygen atoms in total. The van der Waals surface area contributed by atoms with Gasteiger partial charge in [-0.25, -0.2) is 18.7 Å². The molecule has 0 bridgehead atoms. The Balaban J connectivity index is 2.46. The normalized spacial score (nSPS) is 10.4. The lowest BCUT2D eigenvalue weighted by molar-refractivity contribution is 0.509. The summed E-state index contributed by atoms with van der Waals surface area (Å²) in [7, 11) is 0. The molecule has 1 aromatic heterocycles. The maximum absolute atomic E-state index is 13.0. The molecule has 0 amide bonds. The highest BCUT2D eigenvalue weighted by Crippen LogP contribution is 2.19. The van der Waals surface area contributed by atoms with Crippen molar-refractivity contribution >= 4 is 12.6 Å². The molecule has 0 aliphatic carbocycles. The van der Waals surface area contributed by atoms with Crippen molar-refractivity contribution in [2.75, 3.05) is 0 Å². The minimum absolute atomic E-state index is 0.400. The number of aromatic nitrogens is 2. The van der Waals surface area contributed by atoms with Crippen molar-refractivity contribution in [3.63, 3.8) is 0 Å². The van der Waals surface area contributed by atoms with Crippen LogP contribution in [0.1, 0.15) is 5.82 Å². The van der Waals surface area contributed by atoms with Crippen LogP contribution in [0.2, 0.25) is 0 Å². The zero-order valence-corrected chi connectivity index (χ0v) is 9.09. The van der Waals surface area contributed by atoms with Crippen LogP contribution in [0.15, 0.2) is 30.5 Å². The Morgan fingerprint density at radius 2 is 1.94 bits per heavy atom. The molecule has 5 heteroatoms. The monoisotopic (exact) mass is 238 g/mol. The van der Waals surface area contributed by atoms with Crippen LogP contribution in [0, 0.1) is 11.6 Å². The highest BCUT2D eigenvalue weighted by Gasteiger charge is 2.06. The van der Waals surface area contributed by atoms with Crippen LogP contribution >= 0.6 is 12.6 Å². The average Bonchev–Trinajstić information content (AvgIpc) is 2.33. The molecular formula is C11H8F2N2S. The largest absolute Gasteiger partial charge is 0.240 e. The van der Waals surface area contributed by atoms with Gasteiger partial charge >= 0.3 is 0 Å². The van der Waals surface area contributed by atoms with Crippen LogP contribution in [0.4, 0.5) is 8.78 Å². The van der Waals surface area contributed by atoms with Crippen molar-refractivity contribution in [3.05, 3.63) is 47.9 Å². The third-order valence-corrected chi connectivity index (χ3v) is 2.35. The first-order valence-electron chi connectivity index (χ1n) is 4.59. The second kappa shape index (κ2) is 4.57. The zero-order chi connectivity index (χ0) is 11.5. The summed E-state index contributed by atoms with van der Waals surface area (Å²) in [6, 6.07) is 5.30. The first-order valence-corrected chi connectivity index (χ1v) is 5.22. The number of hydrogen-bond donors (Lipinski definition) is 1. The number of rotatable bonds is 2. The Bertz CT molecular complexity index is 517. The van der Waals surface area contributed by atoms with Crippen LogP contribution in [0.25, 0.3) is 11.3 Å². The first kappa shape index (κ1) is 11.0. The van der Waals surface area contributed by atoms with Gasteiger partial charge in [-0.15, -0.1) is 0 Å². The molecule has 0 N–H and O–H groups in total. The smallest absolute Gasteiger partial charge is 0.159 e. The van der Waals surface area contributed by atoms with Crippen LogP contribution < -0.4 is 0 Å². The molecule has 0 spiro atoms. The number of nitrogens with zero attached hydrogens (tertiary/aromatic N) is 2. The van der Waals surface area contributed by atoms with Crippen molar-refractivity contribution in [2.24, 2.45) is 0 Å². The third-order valence-electron chi connectivity index (χ3n) is 2.06. The second-order valence-electron chi connectivity index (χ2n) is 3.15. The van der Waals surface area contributed by atoms with Crippen molar-refractivity contribution in [1.29, 1.82) is 0 Å². The molecular weight excluding hydrogens is 230 g/mol. The van der Waals surface area contributed by atoms with E-state index in [1.807, 2.05) is 0 Å². The van der Waals surface area contributed by atoms with Crippen molar-refractivity contribution in [2.45, 2.75) is 5.75 Å². The van der Waals surface area contributed by atoms with Crippen molar-refractivity contribution in [1.82, 2.24) is 9.97 Å². The van der Waals surface area contributed by atoms with Crippen LogP contribution in [-0.4, -0.2) is 9.97 Å². The maximum Gasteiger partial charge on any atom is 0.159 e. The molecule has 0 atom stereocenters. The standard InChI is InChI=1S/C11H8F2N2S/c12-8-2-1-7(5-9(8)13)10-3-4-14-11(6-16)15-10/h1-5,16H,6H2. The summed E-state index contributed by atoms with van der Waals surface area (Å²) < 4.78 is 25.8. The molecule has 16 heavy (non-hydrogen) atoms. The lowest BCUT2D eigenvalue weighted by Crippen LogP contribution is -1.94. The van der Waals surface area contributed by atoms with Gasteiger partial charge < -0.3 is 0 Å². The van der Waals surface area contributed by atoms with Gasteiger partial charge in [0.15, 0.2) is 11.6 Å². The summed E-state index contributed by atoms with van der Waals surface area (Å²) in [6.07, 6.45) is 1.56. The van der Waals surface area contributed by atoms with E-state index < -0.39 is 11.6 Å². The van der Waals surface area contributed by atoms with Gasteiger partial charge in [0, 0.05) is 11.8 Å². The predicted molar refractivity (Wildman–Crippen MR) is 60.1 cm³/mol. The average molecular weight is 238 g/mol. The van der Waals surface area contributed by atoms with Gasteiger partial charge in [0.05, 0.1) is 11.4 Å². The van der Waals surface area contributed by atoms with E-state index in [1.165, 1.54) is 6.07 Å². The van der Waals surface area contributed by atoms with Crippen molar-refractivity contribution in [3.8, 4) is 11.3 Å². The lowest BCUT2D eigenvalue weighted by Gasteiger charge is -2.02. The molecule has 0 aliphatic rings. The number of halogens is 2. The summed E-state index contributed by atoms with van der Waals surface area (Å²) in [6.45, 7) is 0. The third kappa shape index (κ3) is 2.19. The van der Waals surface area contributed by atoms with Gasteiger partial charge in [0.2, 0.25) is 0 Å². The van der Waals surface area contributed by atoms with Crippen molar-refractivity contribution < 1.29 is 8.78 Å². The molecule has 1 aromatic carbocycles. The lowest BCUT2D eigenvalue weighted by atomic mass is 10.1.